The maximum atomic E-state index is 13.5. The summed E-state index contributed by atoms with van der Waals surface area (Å²) in [6, 6.07) is 0. The highest BCUT2D eigenvalue weighted by atomic mass is 19.1. The minimum atomic E-state index is -1.42. The molecule has 4 nitrogen and oxygen atoms in total. The van der Waals surface area contributed by atoms with Crippen molar-refractivity contribution in [3.63, 3.8) is 0 Å². The molecule has 1 unspecified atom stereocenters. The van der Waals surface area contributed by atoms with Gasteiger partial charge in [-0.15, -0.1) is 0 Å². The number of rotatable bonds is 2. The highest BCUT2D eigenvalue weighted by molar-refractivity contribution is 5.82. The SMILES string of the molecule is C=C[C@H](O)C(=O)N1C[C@H]2CC2[C@H](O)[C@H](F)C1. The van der Waals surface area contributed by atoms with Gasteiger partial charge in [-0.2, -0.15) is 0 Å². The largest absolute Gasteiger partial charge is 0.390 e. The quantitative estimate of drug-likeness (QED) is 0.640. The van der Waals surface area contributed by atoms with E-state index in [4.69, 9.17) is 0 Å². The second-order valence-corrected chi connectivity index (χ2v) is 4.59. The van der Waals surface area contributed by atoms with Crippen molar-refractivity contribution < 1.29 is 19.4 Å². The number of amides is 1. The third-order valence-corrected chi connectivity index (χ3v) is 3.42. The van der Waals surface area contributed by atoms with Gasteiger partial charge in [-0.25, -0.2) is 4.39 Å². The van der Waals surface area contributed by atoms with Crippen LogP contribution in [0.1, 0.15) is 6.42 Å². The van der Waals surface area contributed by atoms with Crippen molar-refractivity contribution in [3.8, 4) is 0 Å². The highest BCUT2D eigenvalue weighted by Crippen LogP contribution is 2.45. The van der Waals surface area contributed by atoms with Crippen molar-refractivity contribution in [2.75, 3.05) is 13.1 Å². The van der Waals surface area contributed by atoms with E-state index in [0.29, 0.717) is 6.54 Å². The Balaban J connectivity index is 2.05. The molecule has 1 amide bonds. The van der Waals surface area contributed by atoms with E-state index in [1.54, 1.807) is 0 Å². The number of carbonyl (C=O) groups is 1. The van der Waals surface area contributed by atoms with Gasteiger partial charge in [0.1, 0.15) is 6.17 Å². The van der Waals surface area contributed by atoms with Gasteiger partial charge >= 0.3 is 0 Å². The van der Waals surface area contributed by atoms with Crippen molar-refractivity contribution in [3.05, 3.63) is 12.7 Å². The smallest absolute Gasteiger partial charge is 0.255 e. The number of hydrogen-bond donors (Lipinski definition) is 2. The second kappa shape index (κ2) is 4.14. The summed E-state index contributed by atoms with van der Waals surface area (Å²) >= 11 is 0. The molecule has 0 radical (unpaired) electrons. The molecule has 5 heteroatoms. The van der Waals surface area contributed by atoms with Crippen LogP contribution in [0.3, 0.4) is 0 Å². The monoisotopic (exact) mass is 229 g/mol. The van der Waals surface area contributed by atoms with Gasteiger partial charge in [-0.05, 0) is 18.3 Å². The molecule has 1 aliphatic heterocycles. The number of fused-ring (bicyclic) bond motifs is 1. The summed E-state index contributed by atoms with van der Waals surface area (Å²) in [6.07, 6.45) is -1.78. The van der Waals surface area contributed by atoms with E-state index in [1.165, 1.54) is 4.90 Å². The summed E-state index contributed by atoms with van der Waals surface area (Å²) in [6.45, 7) is 3.60. The lowest BCUT2D eigenvalue weighted by atomic mass is 10.1. The van der Waals surface area contributed by atoms with E-state index in [1.807, 2.05) is 0 Å². The summed E-state index contributed by atoms with van der Waals surface area (Å²) in [5, 5.41) is 18.9. The fourth-order valence-corrected chi connectivity index (χ4v) is 2.31. The van der Waals surface area contributed by atoms with Crippen LogP contribution in [0.15, 0.2) is 12.7 Å². The molecule has 2 fully saturated rings. The van der Waals surface area contributed by atoms with Gasteiger partial charge in [-0.1, -0.05) is 12.7 Å². The fraction of sp³-hybridized carbons (Fsp3) is 0.727. The van der Waals surface area contributed by atoms with Gasteiger partial charge in [-0.3, -0.25) is 4.79 Å². The zero-order valence-electron chi connectivity index (χ0n) is 8.92. The lowest BCUT2D eigenvalue weighted by Gasteiger charge is -2.24. The van der Waals surface area contributed by atoms with Crippen LogP contribution in [0.4, 0.5) is 4.39 Å². The third kappa shape index (κ3) is 1.97. The van der Waals surface area contributed by atoms with E-state index in [2.05, 4.69) is 6.58 Å². The summed E-state index contributed by atoms with van der Waals surface area (Å²) < 4.78 is 13.5. The van der Waals surface area contributed by atoms with Crippen molar-refractivity contribution in [1.29, 1.82) is 0 Å². The Hall–Kier alpha value is -0.940. The van der Waals surface area contributed by atoms with Gasteiger partial charge in [0, 0.05) is 6.54 Å². The van der Waals surface area contributed by atoms with E-state index in [0.717, 1.165) is 12.5 Å². The van der Waals surface area contributed by atoms with Crippen LogP contribution in [-0.4, -0.2) is 52.5 Å². The molecule has 16 heavy (non-hydrogen) atoms. The van der Waals surface area contributed by atoms with E-state index < -0.39 is 24.3 Å². The number of likely N-dealkylation sites (tertiary alicyclic amines) is 1. The first-order valence-corrected chi connectivity index (χ1v) is 5.46. The molecular weight excluding hydrogens is 213 g/mol. The van der Waals surface area contributed by atoms with Crippen LogP contribution in [0, 0.1) is 11.8 Å². The Morgan fingerprint density at radius 2 is 2.25 bits per heavy atom. The Labute approximate surface area is 93.4 Å². The molecule has 2 N–H and O–H groups in total. The lowest BCUT2D eigenvalue weighted by Crippen LogP contribution is -2.43. The molecule has 0 spiro atoms. The molecule has 0 bridgehead atoms. The van der Waals surface area contributed by atoms with Crippen LogP contribution in [0.25, 0.3) is 0 Å². The number of halogens is 1. The van der Waals surface area contributed by atoms with Gasteiger partial charge in [0.05, 0.1) is 12.6 Å². The molecule has 1 saturated heterocycles. The first-order valence-electron chi connectivity index (χ1n) is 5.46. The fourth-order valence-electron chi connectivity index (χ4n) is 2.31. The average molecular weight is 229 g/mol. The molecule has 2 aliphatic rings. The lowest BCUT2D eigenvalue weighted by molar-refractivity contribution is -0.139. The minimum absolute atomic E-state index is 0.0197. The molecule has 1 saturated carbocycles. The van der Waals surface area contributed by atoms with E-state index >= 15 is 0 Å². The van der Waals surface area contributed by atoms with Gasteiger partial charge < -0.3 is 15.1 Å². The Kier molecular flexibility index (Phi) is 2.99. The average Bonchev–Trinajstić information content (AvgIpc) is 3.03. The summed E-state index contributed by atoms with van der Waals surface area (Å²) in [5.74, 6) is -0.372. The van der Waals surface area contributed by atoms with Crippen molar-refractivity contribution >= 4 is 5.91 Å². The molecule has 0 aromatic heterocycles. The number of carbonyl (C=O) groups excluding carboxylic acids is 1. The first kappa shape index (κ1) is 11.5. The summed E-state index contributed by atoms with van der Waals surface area (Å²) in [5.41, 5.74) is 0. The third-order valence-electron chi connectivity index (χ3n) is 3.42. The molecule has 0 aromatic carbocycles. The molecule has 1 heterocycles. The van der Waals surface area contributed by atoms with Crippen LogP contribution in [0.2, 0.25) is 0 Å². The Bertz CT molecular complexity index is 310. The molecule has 5 atom stereocenters. The maximum Gasteiger partial charge on any atom is 0.255 e. The molecular formula is C11H16FNO3. The zero-order valence-corrected chi connectivity index (χ0v) is 8.92. The minimum Gasteiger partial charge on any atom is -0.390 e. The Morgan fingerprint density at radius 1 is 1.56 bits per heavy atom. The molecule has 90 valence electrons. The zero-order chi connectivity index (χ0) is 11.9. The topological polar surface area (TPSA) is 60.8 Å². The van der Waals surface area contributed by atoms with Crippen LogP contribution in [-0.2, 0) is 4.79 Å². The van der Waals surface area contributed by atoms with Crippen LogP contribution >= 0.6 is 0 Å². The molecule has 2 rings (SSSR count). The van der Waals surface area contributed by atoms with Crippen molar-refractivity contribution in [2.45, 2.75) is 24.8 Å². The number of nitrogens with zero attached hydrogens (tertiary/aromatic N) is 1. The van der Waals surface area contributed by atoms with E-state index in [-0.39, 0.29) is 18.4 Å². The summed E-state index contributed by atoms with van der Waals surface area (Å²) in [4.78, 5) is 12.9. The number of aliphatic hydroxyl groups is 2. The van der Waals surface area contributed by atoms with E-state index in [9.17, 15) is 19.4 Å². The molecule has 1 aliphatic carbocycles. The maximum absolute atomic E-state index is 13.5. The predicted octanol–water partition coefficient (Wildman–Crippen LogP) is -0.289. The first-order chi connectivity index (χ1) is 7.54. The number of alkyl halides is 1. The normalized spacial score (nSPS) is 39.6. The Morgan fingerprint density at radius 3 is 2.88 bits per heavy atom. The second-order valence-electron chi connectivity index (χ2n) is 4.59. The number of hydrogen-bond acceptors (Lipinski definition) is 3. The molecule has 0 aromatic rings. The predicted molar refractivity (Wildman–Crippen MR) is 55.3 cm³/mol. The standard InChI is InChI=1S/C11H16FNO3/c1-2-9(14)11(16)13-4-6-3-7(6)10(15)8(12)5-13/h2,6-10,14-15H,1,3-5H2/t6-,7?,8-,9+,10+/m1/s1. The van der Waals surface area contributed by atoms with Gasteiger partial charge in [0.2, 0.25) is 0 Å². The van der Waals surface area contributed by atoms with Gasteiger partial charge in [0.15, 0.2) is 6.10 Å². The highest BCUT2D eigenvalue weighted by Gasteiger charge is 2.50. The summed E-state index contributed by atoms with van der Waals surface area (Å²) in [7, 11) is 0. The van der Waals surface area contributed by atoms with Crippen molar-refractivity contribution in [2.24, 2.45) is 11.8 Å². The van der Waals surface area contributed by atoms with Crippen molar-refractivity contribution in [1.82, 2.24) is 4.90 Å². The number of aliphatic hydroxyl groups excluding tert-OH is 2. The van der Waals surface area contributed by atoms with Gasteiger partial charge in [0.25, 0.3) is 5.91 Å². The van der Waals surface area contributed by atoms with Crippen LogP contribution < -0.4 is 0 Å². The van der Waals surface area contributed by atoms with Crippen LogP contribution in [0.5, 0.6) is 0 Å².